The second-order valence-corrected chi connectivity index (χ2v) is 5.36. The minimum Gasteiger partial charge on any atom is -0.316 e. The van der Waals surface area contributed by atoms with Crippen LogP contribution in [0.2, 0.25) is 0 Å². The minimum atomic E-state index is -0.136. The van der Waals surface area contributed by atoms with E-state index in [1.54, 1.807) is 0 Å². The van der Waals surface area contributed by atoms with E-state index in [4.69, 9.17) is 5.26 Å². The van der Waals surface area contributed by atoms with Crippen molar-refractivity contribution in [1.29, 1.82) is 5.26 Å². The smallest absolute Gasteiger partial charge is 0.0823 e. The summed E-state index contributed by atoms with van der Waals surface area (Å²) in [5.41, 5.74) is 2.51. The number of piperidine rings is 1. The molecule has 0 amide bonds. The van der Waals surface area contributed by atoms with Crippen LogP contribution in [0.1, 0.15) is 42.7 Å². The predicted molar refractivity (Wildman–Crippen MR) is 67.8 cm³/mol. The molecule has 17 heavy (non-hydrogen) atoms. The van der Waals surface area contributed by atoms with Crippen molar-refractivity contribution in [3.05, 3.63) is 35.4 Å². The molecule has 0 aromatic heterocycles. The van der Waals surface area contributed by atoms with E-state index in [2.05, 4.69) is 35.7 Å². The number of rotatable bonds is 2. The van der Waals surface area contributed by atoms with Crippen molar-refractivity contribution >= 4 is 0 Å². The van der Waals surface area contributed by atoms with Gasteiger partial charge in [-0.05, 0) is 49.3 Å². The zero-order valence-corrected chi connectivity index (χ0v) is 10.1. The van der Waals surface area contributed by atoms with E-state index < -0.39 is 0 Å². The SMILES string of the molecule is N#CC1(c2ccc(C3CCCNC3)cc2)CC1. The molecular weight excluding hydrogens is 208 g/mol. The first kappa shape index (κ1) is 10.8. The number of nitrogens with one attached hydrogen (secondary N) is 1. The number of hydrogen-bond acceptors (Lipinski definition) is 2. The van der Waals surface area contributed by atoms with E-state index in [0.29, 0.717) is 5.92 Å². The van der Waals surface area contributed by atoms with Gasteiger partial charge in [0.15, 0.2) is 0 Å². The largest absolute Gasteiger partial charge is 0.316 e. The molecule has 3 rings (SSSR count). The van der Waals surface area contributed by atoms with Crippen LogP contribution in [0.15, 0.2) is 24.3 Å². The van der Waals surface area contributed by atoms with Gasteiger partial charge in [0, 0.05) is 6.54 Å². The molecule has 0 bridgehead atoms. The normalized spacial score (nSPS) is 26.2. The minimum absolute atomic E-state index is 0.136. The summed E-state index contributed by atoms with van der Waals surface area (Å²) in [4.78, 5) is 0. The maximum atomic E-state index is 9.17. The zero-order chi connectivity index (χ0) is 11.7. The van der Waals surface area contributed by atoms with E-state index in [-0.39, 0.29) is 5.41 Å². The molecule has 1 aromatic rings. The summed E-state index contributed by atoms with van der Waals surface area (Å²) in [5, 5.41) is 12.6. The topological polar surface area (TPSA) is 35.8 Å². The molecule has 1 aromatic carbocycles. The van der Waals surface area contributed by atoms with Gasteiger partial charge in [0.2, 0.25) is 0 Å². The van der Waals surface area contributed by atoms with Crippen LogP contribution in [0.3, 0.4) is 0 Å². The van der Waals surface area contributed by atoms with Crippen molar-refractivity contribution in [3.63, 3.8) is 0 Å². The summed E-state index contributed by atoms with van der Waals surface area (Å²) in [6, 6.07) is 11.2. The summed E-state index contributed by atoms with van der Waals surface area (Å²) in [5.74, 6) is 0.662. The van der Waals surface area contributed by atoms with Gasteiger partial charge in [-0.3, -0.25) is 0 Å². The Bertz CT molecular complexity index is 431. The Labute approximate surface area is 103 Å². The summed E-state index contributed by atoms with van der Waals surface area (Å²) < 4.78 is 0. The first-order valence-corrected chi connectivity index (χ1v) is 6.56. The molecule has 1 unspecified atom stereocenters. The van der Waals surface area contributed by atoms with Gasteiger partial charge in [-0.15, -0.1) is 0 Å². The molecule has 2 nitrogen and oxygen atoms in total. The van der Waals surface area contributed by atoms with Gasteiger partial charge < -0.3 is 5.32 Å². The average Bonchev–Trinajstić information content (AvgIpc) is 3.21. The molecule has 88 valence electrons. The van der Waals surface area contributed by atoms with Crippen molar-refractivity contribution in [2.75, 3.05) is 13.1 Å². The van der Waals surface area contributed by atoms with Gasteiger partial charge in [-0.2, -0.15) is 5.26 Å². The monoisotopic (exact) mass is 226 g/mol. The lowest BCUT2D eigenvalue weighted by Crippen LogP contribution is -2.28. The van der Waals surface area contributed by atoms with E-state index in [1.165, 1.54) is 24.0 Å². The fraction of sp³-hybridized carbons (Fsp3) is 0.533. The van der Waals surface area contributed by atoms with Gasteiger partial charge in [0.05, 0.1) is 11.5 Å². The van der Waals surface area contributed by atoms with E-state index >= 15 is 0 Å². The van der Waals surface area contributed by atoms with Crippen LogP contribution < -0.4 is 5.32 Å². The molecule has 1 aliphatic heterocycles. The molecule has 2 aliphatic rings. The lowest BCUT2D eigenvalue weighted by atomic mass is 9.89. The Morgan fingerprint density at radius 3 is 2.53 bits per heavy atom. The van der Waals surface area contributed by atoms with E-state index in [1.807, 2.05) is 0 Å². The number of nitrogens with zero attached hydrogens (tertiary/aromatic N) is 1. The highest BCUT2D eigenvalue weighted by atomic mass is 14.9. The van der Waals surface area contributed by atoms with Crippen molar-refractivity contribution in [2.24, 2.45) is 0 Å². The maximum absolute atomic E-state index is 9.17. The number of benzene rings is 1. The van der Waals surface area contributed by atoms with Crippen molar-refractivity contribution in [3.8, 4) is 6.07 Å². The third-order valence-electron chi connectivity index (χ3n) is 4.20. The van der Waals surface area contributed by atoms with Gasteiger partial charge in [-0.1, -0.05) is 24.3 Å². The fourth-order valence-electron chi connectivity index (χ4n) is 2.80. The number of hydrogen-bond donors (Lipinski definition) is 1. The molecule has 1 heterocycles. The summed E-state index contributed by atoms with van der Waals surface area (Å²) in [7, 11) is 0. The van der Waals surface area contributed by atoms with E-state index in [9.17, 15) is 0 Å². The van der Waals surface area contributed by atoms with Gasteiger partial charge in [-0.25, -0.2) is 0 Å². The van der Waals surface area contributed by atoms with E-state index in [0.717, 1.165) is 25.9 Å². The number of nitriles is 1. The lowest BCUT2D eigenvalue weighted by Gasteiger charge is -2.23. The molecule has 1 saturated heterocycles. The van der Waals surface area contributed by atoms with Crippen LogP contribution in [-0.2, 0) is 5.41 Å². The zero-order valence-electron chi connectivity index (χ0n) is 10.1. The van der Waals surface area contributed by atoms with Crippen LogP contribution in [0.25, 0.3) is 0 Å². The van der Waals surface area contributed by atoms with Crippen LogP contribution in [0.4, 0.5) is 0 Å². The quantitative estimate of drug-likeness (QED) is 0.841. The Kier molecular flexibility index (Phi) is 2.64. The molecule has 2 fully saturated rings. The third-order valence-corrected chi connectivity index (χ3v) is 4.20. The van der Waals surface area contributed by atoms with Gasteiger partial charge in [0.25, 0.3) is 0 Å². The summed E-state index contributed by atoms with van der Waals surface area (Å²) in [6.45, 7) is 2.26. The second-order valence-electron chi connectivity index (χ2n) is 5.36. The molecule has 2 heteroatoms. The predicted octanol–water partition coefficient (Wildman–Crippen LogP) is 2.71. The fourth-order valence-corrected chi connectivity index (χ4v) is 2.80. The van der Waals surface area contributed by atoms with Crippen LogP contribution in [0, 0.1) is 11.3 Å². The Morgan fingerprint density at radius 1 is 1.24 bits per heavy atom. The second kappa shape index (κ2) is 4.16. The summed E-state index contributed by atoms with van der Waals surface area (Å²) >= 11 is 0. The Morgan fingerprint density at radius 2 is 2.00 bits per heavy atom. The average molecular weight is 226 g/mol. The van der Waals surface area contributed by atoms with Crippen LogP contribution in [-0.4, -0.2) is 13.1 Å². The Balaban J connectivity index is 1.78. The molecule has 0 spiro atoms. The van der Waals surface area contributed by atoms with Gasteiger partial charge in [0.1, 0.15) is 0 Å². The third kappa shape index (κ3) is 1.96. The van der Waals surface area contributed by atoms with Crippen molar-refractivity contribution in [2.45, 2.75) is 37.0 Å². The maximum Gasteiger partial charge on any atom is 0.0823 e. The molecular formula is C15H18N2. The van der Waals surface area contributed by atoms with Crippen molar-refractivity contribution in [1.82, 2.24) is 5.32 Å². The van der Waals surface area contributed by atoms with Crippen molar-refractivity contribution < 1.29 is 0 Å². The van der Waals surface area contributed by atoms with Crippen LogP contribution in [0.5, 0.6) is 0 Å². The first-order valence-electron chi connectivity index (χ1n) is 6.56. The van der Waals surface area contributed by atoms with Crippen LogP contribution >= 0.6 is 0 Å². The highest BCUT2D eigenvalue weighted by molar-refractivity contribution is 5.40. The molecule has 1 atom stereocenters. The Hall–Kier alpha value is -1.33. The highest BCUT2D eigenvalue weighted by Gasteiger charge is 2.44. The first-order chi connectivity index (χ1) is 8.34. The molecule has 0 radical (unpaired) electrons. The molecule has 1 saturated carbocycles. The van der Waals surface area contributed by atoms with Gasteiger partial charge >= 0.3 is 0 Å². The molecule has 1 N–H and O–H groups in total. The lowest BCUT2D eigenvalue weighted by molar-refractivity contribution is 0.461. The highest BCUT2D eigenvalue weighted by Crippen LogP contribution is 2.47. The molecule has 1 aliphatic carbocycles. The standard InChI is InChI=1S/C15H18N2/c16-11-15(7-8-15)14-5-3-12(4-6-14)13-2-1-9-17-10-13/h3-6,13,17H,1-2,7-10H2. The summed E-state index contributed by atoms with van der Waals surface area (Å²) in [6.07, 6.45) is 4.63.